The van der Waals surface area contributed by atoms with Crippen molar-refractivity contribution < 1.29 is 8.42 Å². The average molecular weight is 385 g/mol. The molecular formula is C10H11BrClN3O2S2. The van der Waals surface area contributed by atoms with Crippen molar-refractivity contribution in [2.45, 2.75) is 17.2 Å². The van der Waals surface area contributed by atoms with Crippen LogP contribution in [0.15, 0.2) is 32.8 Å². The summed E-state index contributed by atoms with van der Waals surface area (Å²) in [6, 6.07) is 1.44. The van der Waals surface area contributed by atoms with Crippen molar-refractivity contribution in [3.63, 3.8) is 0 Å². The topological polar surface area (TPSA) is 64.0 Å². The molecule has 104 valence electrons. The van der Waals surface area contributed by atoms with E-state index < -0.39 is 10.0 Å². The Morgan fingerprint density at radius 1 is 1.53 bits per heavy atom. The predicted octanol–water partition coefficient (Wildman–Crippen LogP) is 2.73. The molecule has 9 heteroatoms. The molecule has 0 saturated heterocycles. The zero-order valence-corrected chi connectivity index (χ0v) is 13.7. The van der Waals surface area contributed by atoms with Gasteiger partial charge in [0.1, 0.15) is 4.21 Å². The molecule has 0 atom stereocenters. The summed E-state index contributed by atoms with van der Waals surface area (Å²) in [4.78, 5) is 3.92. The molecule has 2 rings (SSSR count). The lowest BCUT2D eigenvalue weighted by Crippen LogP contribution is -2.24. The first-order valence-corrected chi connectivity index (χ1v) is 8.86. The Bertz CT molecular complexity index is 620. The molecule has 5 nitrogen and oxygen atoms in total. The second kappa shape index (κ2) is 6.36. The minimum atomic E-state index is -3.47. The van der Waals surface area contributed by atoms with Gasteiger partial charge in [-0.25, -0.2) is 18.1 Å². The van der Waals surface area contributed by atoms with Gasteiger partial charge < -0.3 is 4.57 Å². The molecule has 0 radical (unpaired) electrons. The number of aromatic nitrogens is 2. The number of aryl methyl sites for hydroxylation is 1. The number of halogens is 2. The van der Waals surface area contributed by atoms with E-state index in [1.807, 2.05) is 10.8 Å². The summed E-state index contributed by atoms with van der Waals surface area (Å²) in [5, 5.41) is 0.406. The Morgan fingerprint density at radius 3 is 2.89 bits per heavy atom. The number of hydrogen-bond acceptors (Lipinski definition) is 4. The van der Waals surface area contributed by atoms with Gasteiger partial charge in [0.25, 0.3) is 0 Å². The summed E-state index contributed by atoms with van der Waals surface area (Å²) in [7, 11) is -3.47. The molecule has 0 aliphatic heterocycles. The number of nitrogens with one attached hydrogen (secondary N) is 1. The Morgan fingerprint density at radius 2 is 2.32 bits per heavy atom. The summed E-state index contributed by atoms with van der Waals surface area (Å²) in [6.07, 6.45) is 5.92. The number of thiophene rings is 1. The van der Waals surface area contributed by atoms with Crippen LogP contribution < -0.4 is 4.72 Å². The van der Waals surface area contributed by atoms with Crippen LogP contribution in [0, 0.1) is 0 Å². The Balaban J connectivity index is 1.87. The smallest absolute Gasteiger partial charge is 0.250 e. The fourth-order valence-corrected chi connectivity index (χ4v) is 4.93. The van der Waals surface area contributed by atoms with Crippen molar-refractivity contribution >= 4 is 48.9 Å². The minimum Gasteiger partial charge on any atom is -0.337 e. The fourth-order valence-electron chi connectivity index (χ4n) is 1.42. The van der Waals surface area contributed by atoms with Crippen LogP contribution >= 0.6 is 38.9 Å². The highest BCUT2D eigenvalue weighted by Gasteiger charge is 2.18. The maximum atomic E-state index is 12.0. The van der Waals surface area contributed by atoms with E-state index in [9.17, 15) is 8.42 Å². The summed E-state index contributed by atoms with van der Waals surface area (Å²) in [6.45, 7) is 1.09. The highest BCUT2D eigenvalue weighted by Crippen LogP contribution is 2.34. The summed E-state index contributed by atoms with van der Waals surface area (Å²) >= 11 is 10.1. The third-order valence-corrected chi connectivity index (χ3v) is 6.74. The molecule has 0 spiro atoms. The van der Waals surface area contributed by atoms with Crippen molar-refractivity contribution in [1.29, 1.82) is 0 Å². The molecule has 0 aromatic carbocycles. The van der Waals surface area contributed by atoms with E-state index in [1.54, 1.807) is 12.5 Å². The van der Waals surface area contributed by atoms with E-state index in [1.165, 1.54) is 6.07 Å². The maximum absolute atomic E-state index is 12.0. The van der Waals surface area contributed by atoms with E-state index in [0.29, 0.717) is 21.8 Å². The number of hydrogen-bond donors (Lipinski definition) is 1. The van der Waals surface area contributed by atoms with Gasteiger partial charge in [0.15, 0.2) is 0 Å². The lowest BCUT2D eigenvalue weighted by molar-refractivity contribution is 0.571. The molecule has 2 aromatic heterocycles. The number of sulfonamides is 1. The van der Waals surface area contributed by atoms with E-state index in [0.717, 1.165) is 17.9 Å². The van der Waals surface area contributed by atoms with Crippen molar-refractivity contribution in [2.24, 2.45) is 0 Å². The lowest BCUT2D eigenvalue weighted by Gasteiger charge is -2.05. The van der Waals surface area contributed by atoms with Gasteiger partial charge in [-0.05, 0) is 28.4 Å². The fraction of sp³-hybridized carbons (Fsp3) is 0.300. The van der Waals surface area contributed by atoms with Crippen LogP contribution in [-0.2, 0) is 16.6 Å². The van der Waals surface area contributed by atoms with Crippen molar-refractivity contribution in [3.8, 4) is 0 Å². The third kappa shape index (κ3) is 4.03. The Kier molecular flexibility index (Phi) is 5.02. The van der Waals surface area contributed by atoms with Crippen LogP contribution in [0.3, 0.4) is 0 Å². The molecule has 0 unspecified atom stereocenters. The highest BCUT2D eigenvalue weighted by molar-refractivity contribution is 9.11. The van der Waals surface area contributed by atoms with Crippen LogP contribution in [0.25, 0.3) is 0 Å². The van der Waals surface area contributed by atoms with Gasteiger partial charge in [0.05, 0.1) is 15.1 Å². The van der Waals surface area contributed by atoms with E-state index in [2.05, 4.69) is 25.6 Å². The SMILES string of the molecule is O=S(=O)(NCCCn1ccnc1)c1cc(Cl)c(Br)s1. The van der Waals surface area contributed by atoms with Crippen LogP contribution in [0.5, 0.6) is 0 Å². The van der Waals surface area contributed by atoms with Gasteiger partial charge in [-0.2, -0.15) is 0 Å². The van der Waals surface area contributed by atoms with Crippen LogP contribution in [0.1, 0.15) is 6.42 Å². The molecule has 19 heavy (non-hydrogen) atoms. The molecule has 2 aromatic rings. The van der Waals surface area contributed by atoms with E-state index in [4.69, 9.17) is 11.6 Å². The van der Waals surface area contributed by atoms with Crippen LogP contribution in [0.2, 0.25) is 5.02 Å². The molecule has 0 aliphatic rings. The van der Waals surface area contributed by atoms with Gasteiger partial charge in [0, 0.05) is 25.5 Å². The summed E-state index contributed by atoms with van der Waals surface area (Å²) < 4.78 is 29.2. The molecule has 2 heterocycles. The molecule has 1 N–H and O–H groups in total. The largest absolute Gasteiger partial charge is 0.337 e. The van der Waals surface area contributed by atoms with Crippen molar-refractivity contribution in [3.05, 3.63) is 33.6 Å². The van der Waals surface area contributed by atoms with Gasteiger partial charge in [-0.15, -0.1) is 11.3 Å². The third-order valence-electron chi connectivity index (χ3n) is 2.33. The second-order valence-electron chi connectivity index (χ2n) is 3.74. The zero-order valence-electron chi connectivity index (χ0n) is 9.71. The van der Waals surface area contributed by atoms with Gasteiger partial charge >= 0.3 is 0 Å². The maximum Gasteiger partial charge on any atom is 0.250 e. The number of imidazole rings is 1. The first-order valence-electron chi connectivity index (χ1n) is 5.39. The monoisotopic (exact) mass is 383 g/mol. The molecule has 0 aliphatic carbocycles. The van der Waals surface area contributed by atoms with Gasteiger partial charge in [0.2, 0.25) is 10.0 Å². The second-order valence-corrected chi connectivity index (χ2v) is 8.51. The first-order chi connectivity index (χ1) is 8.99. The molecule has 0 bridgehead atoms. The van der Waals surface area contributed by atoms with Gasteiger partial charge in [-0.1, -0.05) is 11.6 Å². The van der Waals surface area contributed by atoms with E-state index >= 15 is 0 Å². The van der Waals surface area contributed by atoms with Crippen molar-refractivity contribution in [2.75, 3.05) is 6.54 Å². The zero-order chi connectivity index (χ0) is 13.9. The lowest BCUT2D eigenvalue weighted by atomic mass is 10.4. The quantitative estimate of drug-likeness (QED) is 0.779. The van der Waals surface area contributed by atoms with Crippen LogP contribution in [-0.4, -0.2) is 24.5 Å². The Hall–Kier alpha value is -0.410. The van der Waals surface area contributed by atoms with Gasteiger partial charge in [-0.3, -0.25) is 0 Å². The van der Waals surface area contributed by atoms with E-state index in [-0.39, 0.29) is 4.21 Å². The number of rotatable bonds is 6. The molecular weight excluding hydrogens is 374 g/mol. The standard InChI is InChI=1S/C10H11BrClN3O2S2/c11-10-8(12)6-9(18-10)19(16,17)14-2-1-4-15-5-3-13-7-15/h3,5-7,14H,1-2,4H2. The predicted molar refractivity (Wildman–Crippen MR) is 79.1 cm³/mol. The first kappa shape index (κ1) is 15.0. The molecule has 0 saturated carbocycles. The summed E-state index contributed by atoms with van der Waals surface area (Å²) in [5.74, 6) is 0. The normalized spacial score (nSPS) is 11.9. The van der Waals surface area contributed by atoms with Crippen molar-refractivity contribution in [1.82, 2.24) is 14.3 Å². The minimum absolute atomic E-state index is 0.215. The molecule has 0 amide bonds. The Labute approximate surface area is 128 Å². The van der Waals surface area contributed by atoms with Crippen LogP contribution in [0.4, 0.5) is 0 Å². The highest BCUT2D eigenvalue weighted by atomic mass is 79.9. The molecule has 0 fully saturated rings. The summed E-state index contributed by atoms with van der Waals surface area (Å²) in [5.41, 5.74) is 0. The number of nitrogens with zero attached hydrogens (tertiary/aromatic N) is 2. The average Bonchev–Trinajstić information content (AvgIpc) is 2.96.